The van der Waals surface area contributed by atoms with Crippen molar-refractivity contribution in [3.8, 4) is 0 Å². The van der Waals surface area contributed by atoms with Gasteiger partial charge < -0.3 is 10.2 Å². The number of anilines is 1. The number of ether oxygens (including phenoxy) is 1. The maximum atomic E-state index is 5.62. The van der Waals surface area contributed by atoms with Crippen LogP contribution in [0.1, 0.15) is 36.3 Å². The van der Waals surface area contributed by atoms with E-state index in [0.29, 0.717) is 6.10 Å². The number of hydrogen-bond donors (Lipinski definition) is 2. The summed E-state index contributed by atoms with van der Waals surface area (Å²) in [7, 11) is 0. The highest BCUT2D eigenvalue weighted by molar-refractivity contribution is 5.47. The Morgan fingerprint density at radius 3 is 3.00 bits per heavy atom. The fraction of sp³-hybridized carbons (Fsp3) is 0.667. The molecule has 1 unspecified atom stereocenters. The molecule has 2 heterocycles. The minimum absolute atomic E-state index is 0.292. The fourth-order valence-corrected chi connectivity index (χ4v) is 2.70. The van der Waals surface area contributed by atoms with Crippen LogP contribution in [-0.2, 0) is 24.0 Å². The highest BCUT2D eigenvalue weighted by Gasteiger charge is 2.22. The van der Waals surface area contributed by atoms with Crippen LogP contribution in [0.25, 0.3) is 0 Å². The fourth-order valence-electron chi connectivity index (χ4n) is 2.70. The molecule has 1 aromatic rings. The lowest BCUT2D eigenvalue weighted by Crippen LogP contribution is -2.17. The highest BCUT2D eigenvalue weighted by atomic mass is 16.5. The van der Waals surface area contributed by atoms with E-state index in [9.17, 15) is 0 Å². The van der Waals surface area contributed by atoms with Gasteiger partial charge in [0.05, 0.1) is 6.10 Å². The topological polar surface area (TPSA) is 73.1 Å². The summed E-state index contributed by atoms with van der Waals surface area (Å²) in [6, 6.07) is 0. The van der Waals surface area contributed by atoms with Gasteiger partial charge in [0.15, 0.2) is 0 Å². The predicted molar refractivity (Wildman–Crippen MR) is 64.5 cm³/mol. The molecule has 1 aromatic heterocycles. The van der Waals surface area contributed by atoms with Gasteiger partial charge in [-0.25, -0.2) is 15.8 Å². The Labute approximate surface area is 101 Å². The lowest BCUT2D eigenvalue weighted by molar-refractivity contribution is 0.110. The second-order valence-electron chi connectivity index (χ2n) is 4.75. The summed E-state index contributed by atoms with van der Waals surface area (Å²) >= 11 is 0. The number of hydrogen-bond acceptors (Lipinski definition) is 5. The van der Waals surface area contributed by atoms with Crippen molar-refractivity contribution in [2.75, 3.05) is 12.0 Å². The zero-order chi connectivity index (χ0) is 11.7. The predicted octanol–water partition coefficient (Wildman–Crippen LogP) is 0.972. The second kappa shape index (κ2) is 4.58. The van der Waals surface area contributed by atoms with Gasteiger partial charge in [-0.1, -0.05) is 0 Å². The Morgan fingerprint density at radius 2 is 2.24 bits per heavy atom. The minimum Gasteiger partial charge on any atom is -0.378 e. The van der Waals surface area contributed by atoms with Crippen LogP contribution in [0, 0.1) is 0 Å². The average Bonchev–Trinajstić information content (AvgIpc) is 2.98. The molecule has 0 saturated carbocycles. The van der Waals surface area contributed by atoms with Crippen molar-refractivity contribution < 1.29 is 4.74 Å². The summed E-state index contributed by atoms with van der Waals surface area (Å²) in [5.41, 5.74) is 5.07. The average molecular weight is 234 g/mol. The number of hydrazine groups is 1. The van der Waals surface area contributed by atoms with E-state index in [0.717, 1.165) is 56.8 Å². The summed E-state index contributed by atoms with van der Waals surface area (Å²) < 4.78 is 5.62. The van der Waals surface area contributed by atoms with Crippen molar-refractivity contribution >= 4 is 5.82 Å². The molecule has 0 aromatic carbocycles. The summed E-state index contributed by atoms with van der Waals surface area (Å²) in [5.74, 6) is 7.20. The van der Waals surface area contributed by atoms with E-state index < -0.39 is 0 Å². The first-order valence-electron chi connectivity index (χ1n) is 6.33. The molecular formula is C12H18N4O. The van der Waals surface area contributed by atoms with Crippen molar-refractivity contribution in [2.24, 2.45) is 5.84 Å². The van der Waals surface area contributed by atoms with Gasteiger partial charge in [-0.2, -0.15) is 0 Å². The lowest BCUT2D eigenvalue weighted by atomic mass is 10.1. The number of rotatable bonds is 3. The van der Waals surface area contributed by atoms with E-state index in [1.54, 1.807) is 0 Å². The Hall–Kier alpha value is -1.20. The number of nitrogens with one attached hydrogen (secondary N) is 1. The third kappa shape index (κ3) is 2.12. The molecule has 1 aliphatic carbocycles. The van der Waals surface area contributed by atoms with E-state index in [-0.39, 0.29) is 0 Å². The summed E-state index contributed by atoms with van der Waals surface area (Å²) in [5, 5.41) is 0. The van der Waals surface area contributed by atoms with E-state index >= 15 is 0 Å². The van der Waals surface area contributed by atoms with Crippen LogP contribution in [0.2, 0.25) is 0 Å². The van der Waals surface area contributed by atoms with Crippen LogP contribution in [-0.4, -0.2) is 22.7 Å². The van der Waals surface area contributed by atoms with Crippen molar-refractivity contribution in [3.63, 3.8) is 0 Å². The smallest absolute Gasteiger partial charge is 0.147 e. The number of fused-ring (bicyclic) bond motifs is 1. The van der Waals surface area contributed by atoms with Gasteiger partial charge in [-0.3, -0.25) is 0 Å². The Morgan fingerprint density at radius 1 is 1.29 bits per heavy atom. The molecule has 92 valence electrons. The molecule has 5 heteroatoms. The van der Waals surface area contributed by atoms with Crippen molar-refractivity contribution in [1.82, 2.24) is 9.97 Å². The molecule has 1 aliphatic heterocycles. The van der Waals surface area contributed by atoms with Gasteiger partial charge in [0.1, 0.15) is 11.6 Å². The SMILES string of the molecule is NNc1nc(CC2CCCO2)nc2c1CCC2. The molecule has 5 nitrogen and oxygen atoms in total. The van der Waals surface area contributed by atoms with Crippen LogP contribution in [0.3, 0.4) is 0 Å². The van der Waals surface area contributed by atoms with E-state index in [1.165, 1.54) is 11.3 Å². The van der Waals surface area contributed by atoms with Crippen LogP contribution in [0.15, 0.2) is 0 Å². The molecule has 1 saturated heterocycles. The van der Waals surface area contributed by atoms with Crippen LogP contribution in [0.5, 0.6) is 0 Å². The molecule has 2 aliphatic rings. The molecule has 3 rings (SSSR count). The number of nitrogens with two attached hydrogens (primary N) is 1. The van der Waals surface area contributed by atoms with Crippen molar-refractivity contribution in [3.05, 3.63) is 17.1 Å². The molecule has 0 spiro atoms. The Kier molecular flexibility index (Phi) is 2.94. The maximum absolute atomic E-state index is 5.62. The number of nitrogens with zero attached hydrogens (tertiary/aromatic N) is 2. The van der Waals surface area contributed by atoms with E-state index in [2.05, 4.69) is 15.4 Å². The summed E-state index contributed by atoms with van der Waals surface area (Å²) in [6.45, 7) is 0.873. The van der Waals surface area contributed by atoms with E-state index in [4.69, 9.17) is 10.6 Å². The standard InChI is InChI=1S/C12H18N4O/c13-16-12-9-4-1-5-10(9)14-11(15-12)7-8-3-2-6-17-8/h8H,1-7,13H2,(H,14,15,16). The molecule has 3 N–H and O–H groups in total. The maximum Gasteiger partial charge on any atom is 0.147 e. The third-order valence-corrected chi connectivity index (χ3v) is 3.55. The molecule has 1 fully saturated rings. The van der Waals surface area contributed by atoms with Crippen LogP contribution < -0.4 is 11.3 Å². The molecular weight excluding hydrogens is 216 g/mol. The zero-order valence-electron chi connectivity index (χ0n) is 9.91. The molecule has 1 atom stereocenters. The molecule has 0 bridgehead atoms. The van der Waals surface area contributed by atoms with Crippen LogP contribution in [0.4, 0.5) is 5.82 Å². The van der Waals surface area contributed by atoms with Gasteiger partial charge in [0.2, 0.25) is 0 Å². The molecule has 0 amide bonds. The Bertz CT molecular complexity index is 415. The van der Waals surface area contributed by atoms with Gasteiger partial charge in [0.25, 0.3) is 0 Å². The minimum atomic E-state index is 0.292. The second-order valence-corrected chi connectivity index (χ2v) is 4.75. The van der Waals surface area contributed by atoms with Gasteiger partial charge in [-0.05, 0) is 32.1 Å². The Balaban J connectivity index is 1.84. The number of aromatic nitrogens is 2. The van der Waals surface area contributed by atoms with Crippen molar-refractivity contribution in [1.29, 1.82) is 0 Å². The number of nitrogen functional groups attached to an aromatic ring is 1. The molecule has 0 radical (unpaired) electrons. The first-order valence-corrected chi connectivity index (χ1v) is 6.33. The summed E-state index contributed by atoms with van der Waals surface area (Å²) in [4.78, 5) is 9.14. The first kappa shape index (κ1) is 10.9. The first-order chi connectivity index (χ1) is 8.36. The van der Waals surface area contributed by atoms with E-state index in [1.807, 2.05) is 0 Å². The number of aryl methyl sites for hydroxylation is 1. The largest absolute Gasteiger partial charge is 0.378 e. The van der Waals surface area contributed by atoms with Gasteiger partial charge >= 0.3 is 0 Å². The van der Waals surface area contributed by atoms with Crippen LogP contribution >= 0.6 is 0 Å². The normalized spacial score (nSPS) is 22.8. The monoisotopic (exact) mass is 234 g/mol. The molecule has 17 heavy (non-hydrogen) atoms. The van der Waals surface area contributed by atoms with Gasteiger partial charge in [-0.15, -0.1) is 0 Å². The quantitative estimate of drug-likeness (QED) is 0.602. The van der Waals surface area contributed by atoms with Crippen molar-refractivity contribution in [2.45, 2.75) is 44.6 Å². The lowest BCUT2D eigenvalue weighted by Gasteiger charge is -2.12. The van der Waals surface area contributed by atoms with Gasteiger partial charge in [0, 0.05) is 24.3 Å². The third-order valence-electron chi connectivity index (χ3n) is 3.55. The highest BCUT2D eigenvalue weighted by Crippen LogP contribution is 2.26. The zero-order valence-corrected chi connectivity index (χ0v) is 9.91. The summed E-state index contributed by atoms with van der Waals surface area (Å²) in [6.07, 6.45) is 6.60.